The molecule has 0 aliphatic heterocycles. The minimum absolute atomic E-state index is 0.424. The smallest absolute Gasteiger partial charge is 0.223 e. The lowest BCUT2D eigenvalue weighted by Crippen LogP contribution is -2.37. The number of nitrogens with one attached hydrogen (secondary N) is 2. The molecule has 2 aliphatic rings. The van der Waals surface area contributed by atoms with E-state index in [0.717, 1.165) is 43.0 Å². The average Bonchev–Trinajstić information content (AvgIpc) is 3.50. The number of aryl methyl sites for hydroxylation is 1. The van der Waals surface area contributed by atoms with Crippen LogP contribution in [0.2, 0.25) is 5.02 Å². The molecule has 164 valence electrons. The van der Waals surface area contributed by atoms with Crippen molar-refractivity contribution in [1.82, 2.24) is 25.1 Å². The molecule has 2 saturated carbocycles. The molecule has 2 N–H and O–H groups in total. The average molecular weight is 431 g/mol. The summed E-state index contributed by atoms with van der Waals surface area (Å²) in [5, 5.41) is 12.3. The summed E-state index contributed by atoms with van der Waals surface area (Å²) in [4.78, 5) is 9.26. The Hall–Kier alpha value is -1.66. The lowest BCUT2D eigenvalue weighted by atomic mass is 9.91. The van der Waals surface area contributed by atoms with Crippen molar-refractivity contribution >= 4 is 17.5 Å². The SMILES string of the molecule is CCCCCN[C@H]1CC[C@H](Nc2ncc(Cl)c(-c3cnn(C)c3CC3CC3)n2)CC1. The molecule has 2 heterocycles. The molecule has 0 spiro atoms. The topological polar surface area (TPSA) is 67.7 Å². The van der Waals surface area contributed by atoms with Gasteiger partial charge in [0, 0.05) is 30.4 Å². The van der Waals surface area contributed by atoms with E-state index in [4.69, 9.17) is 16.6 Å². The lowest BCUT2D eigenvalue weighted by Gasteiger charge is -2.30. The number of halogens is 1. The van der Waals surface area contributed by atoms with Gasteiger partial charge < -0.3 is 10.6 Å². The van der Waals surface area contributed by atoms with Gasteiger partial charge in [0.15, 0.2) is 0 Å². The maximum atomic E-state index is 6.50. The second-order valence-electron chi connectivity index (χ2n) is 9.02. The second kappa shape index (κ2) is 10.1. The summed E-state index contributed by atoms with van der Waals surface area (Å²) >= 11 is 6.50. The minimum atomic E-state index is 0.424. The molecule has 4 rings (SSSR count). The summed E-state index contributed by atoms with van der Waals surface area (Å²) in [6.07, 6.45) is 15.9. The number of unbranched alkanes of at least 4 members (excludes halogenated alkanes) is 2. The van der Waals surface area contributed by atoms with Crippen LogP contribution in [0, 0.1) is 5.92 Å². The molecule has 2 fully saturated rings. The molecule has 6 nitrogen and oxygen atoms in total. The van der Waals surface area contributed by atoms with Crippen molar-refractivity contribution in [3.63, 3.8) is 0 Å². The standard InChI is InChI=1S/C23H35ClN6/c1-3-4-5-12-25-17-8-10-18(11-9-17)28-23-26-15-20(24)22(29-23)19-14-27-30(2)21(19)13-16-6-7-16/h14-18,25H,3-13H2,1-2H3,(H,26,28,29)/t17-,18-. The quantitative estimate of drug-likeness (QED) is 0.520. The number of anilines is 1. The monoisotopic (exact) mass is 430 g/mol. The van der Waals surface area contributed by atoms with Gasteiger partial charge in [0.2, 0.25) is 5.95 Å². The number of rotatable bonds is 10. The molecule has 2 aromatic rings. The van der Waals surface area contributed by atoms with Crippen LogP contribution in [-0.2, 0) is 13.5 Å². The van der Waals surface area contributed by atoms with E-state index in [2.05, 4.69) is 27.6 Å². The largest absolute Gasteiger partial charge is 0.351 e. The molecule has 0 amide bonds. The van der Waals surface area contributed by atoms with Crippen molar-refractivity contribution in [2.24, 2.45) is 13.0 Å². The van der Waals surface area contributed by atoms with Gasteiger partial charge in [0.25, 0.3) is 0 Å². The minimum Gasteiger partial charge on any atom is -0.351 e. The highest BCUT2D eigenvalue weighted by molar-refractivity contribution is 6.32. The van der Waals surface area contributed by atoms with E-state index in [1.807, 2.05) is 17.9 Å². The van der Waals surface area contributed by atoms with Gasteiger partial charge in [0.1, 0.15) is 0 Å². The number of hydrogen-bond donors (Lipinski definition) is 2. The Morgan fingerprint density at radius 3 is 2.57 bits per heavy atom. The van der Waals surface area contributed by atoms with Crippen LogP contribution in [-0.4, -0.2) is 38.4 Å². The van der Waals surface area contributed by atoms with E-state index in [-0.39, 0.29) is 0 Å². The molecule has 0 aromatic carbocycles. The Balaban J connectivity index is 1.37. The zero-order chi connectivity index (χ0) is 20.9. The summed E-state index contributed by atoms with van der Waals surface area (Å²) in [5.41, 5.74) is 3.06. The highest BCUT2D eigenvalue weighted by atomic mass is 35.5. The van der Waals surface area contributed by atoms with Crippen molar-refractivity contribution in [3.8, 4) is 11.3 Å². The van der Waals surface area contributed by atoms with Crippen LogP contribution < -0.4 is 10.6 Å². The van der Waals surface area contributed by atoms with Gasteiger partial charge in [-0.15, -0.1) is 0 Å². The Bertz CT molecular complexity index is 823. The van der Waals surface area contributed by atoms with Gasteiger partial charge >= 0.3 is 0 Å². The number of nitrogens with zero attached hydrogens (tertiary/aromatic N) is 4. The highest BCUT2D eigenvalue weighted by Crippen LogP contribution is 2.37. The van der Waals surface area contributed by atoms with E-state index in [1.165, 1.54) is 50.6 Å². The van der Waals surface area contributed by atoms with Crippen molar-refractivity contribution in [3.05, 3.63) is 23.1 Å². The van der Waals surface area contributed by atoms with Crippen LogP contribution in [0.25, 0.3) is 11.3 Å². The molecular weight excluding hydrogens is 396 g/mol. The third-order valence-corrected chi connectivity index (χ3v) is 6.79. The van der Waals surface area contributed by atoms with Crippen molar-refractivity contribution in [1.29, 1.82) is 0 Å². The molecule has 2 aliphatic carbocycles. The van der Waals surface area contributed by atoms with E-state index in [9.17, 15) is 0 Å². The first-order valence-electron chi connectivity index (χ1n) is 11.7. The molecule has 0 atom stereocenters. The van der Waals surface area contributed by atoms with Gasteiger partial charge in [-0.25, -0.2) is 9.97 Å². The fraction of sp³-hybridized carbons (Fsp3) is 0.696. The normalized spacial score (nSPS) is 21.7. The molecule has 0 radical (unpaired) electrons. The zero-order valence-electron chi connectivity index (χ0n) is 18.3. The predicted octanol–water partition coefficient (Wildman–Crippen LogP) is 4.99. The third kappa shape index (κ3) is 5.52. The molecule has 7 heteroatoms. The summed E-state index contributed by atoms with van der Waals surface area (Å²) in [5.74, 6) is 1.46. The van der Waals surface area contributed by atoms with Gasteiger partial charge in [-0.3, -0.25) is 4.68 Å². The van der Waals surface area contributed by atoms with E-state index in [1.54, 1.807) is 6.20 Å². The molecule has 0 saturated heterocycles. The van der Waals surface area contributed by atoms with Crippen molar-refractivity contribution in [2.75, 3.05) is 11.9 Å². The van der Waals surface area contributed by atoms with Crippen LogP contribution in [0.3, 0.4) is 0 Å². The van der Waals surface area contributed by atoms with Crippen molar-refractivity contribution < 1.29 is 0 Å². The molecule has 0 bridgehead atoms. The highest BCUT2D eigenvalue weighted by Gasteiger charge is 2.26. The first-order valence-corrected chi connectivity index (χ1v) is 12.1. The van der Waals surface area contributed by atoms with E-state index < -0.39 is 0 Å². The van der Waals surface area contributed by atoms with Crippen LogP contribution >= 0.6 is 11.6 Å². The summed E-state index contributed by atoms with van der Waals surface area (Å²) in [7, 11) is 2.00. The fourth-order valence-corrected chi connectivity index (χ4v) is 4.62. The molecular formula is C23H35ClN6. The Labute approximate surface area is 185 Å². The van der Waals surface area contributed by atoms with E-state index in [0.29, 0.717) is 23.1 Å². The Morgan fingerprint density at radius 1 is 1.07 bits per heavy atom. The number of aromatic nitrogens is 4. The predicted molar refractivity (Wildman–Crippen MR) is 123 cm³/mol. The fourth-order valence-electron chi connectivity index (χ4n) is 4.43. The van der Waals surface area contributed by atoms with Gasteiger partial charge in [0.05, 0.1) is 23.1 Å². The van der Waals surface area contributed by atoms with Crippen LogP contribution in [0.5, 0.6) is 0 Å². The Kier molecular flexibility index (Phi) is 7.26. The zero-order valence-corrected chi connectivity index (χ0v) is 19.1. The number of hydrogen-bond acceptors (Lipinski definition) is 5. The molecule has 2 aromatic heterocycles. The van der Waals surface area contributed by atoms with E-state index >= 15 is 0 Å². The van der Waals surface area contributed by atoms with Crippen LogP contribution in [0.4, 0.5) is 5.95 Å². The van der Waals surface area contributed by atoms with Crippen LogP contribution in [0.15, 0.2) is 12.4 Å². The van der Waals surface area contributed by atoms with Gasteiger partial charge in [-0.1, -0.05) is 31.4 Å². The lowest BCUT2D eigenvalue weighted by molar-refractivity contribution is 0.351. The summed E-state index contributed by atoms with van der Waals surface area (Å²) in [6.45, 7) is 3.40. The second-order valence-corrected chi connectivity index (χ2v) is 9.43. The first kappa shape index (κ1) is 21.6. The Morgan fingerprint density at radius 2 is 1.83 bits per heavy atom. The van der Waals surface area contributed by atoms with Gasteiger partial charge in [-0.05, 0) is 63.8 Å². The summed E-state index contributed by atoms with van der Waals surface area (Å²) in [6, 6.07) is 1.08. The third-order valence-electron chi connectivity index (χ3n) is 6.51. The summed E-state index contributed by atoms with van der Waals surface area (Å²) < 4.78 is 1.97. The van der Waals surface area contributed by atoms with Gasteiger partial charge in [-0.2, -0.15) is 5.10 Å². The van der Waals surface area contributed by atoms with Crippen molar-refractivity contribution in [2.45, 2.75) is 83.2 Å². The van der Waals surface area contributed by atoms with Crippen LogP contribution in [0.1, 0.15) is 70.4 Å². The maximum Gasteiger partial charge on any atom is 0.223 e. The maximum absolute atomic E-state index is 6.50. The molecule has 0 unspecified atom stereocenters. The first-order chi connectivity index (χ1) is 14.6. The molecule has 30 heavy (non-hydrogen) atoms.